The predicted molar refractivity (Wildman–Crippen MR) is 108 cm³/mol. The standard InChI is InChI=1S/C13H18O2.C6H12O7.Mg.2H/c1-9(2)8-11-4-6-12(7-5-11)10(3)13(14)15;7-1-2(8)3(9)4(10)5(11)6(12)13;;;/h4-7,9-10H,8H2,1-3H3,(H,14,15);2-5,7-11H,1H2,(H,12,13);;;/t;2-,3-,4+,5-;;;/m.1.../s1. The van der Waals surface area contributed by atoms with E-state index in [1.54, 1.807) is 6.92 Å². The van der Waals surface area contributed by atoms with Gasteiger partial charge < -0.3 is 35.7 Å². The van der Waals surface area contributed by atoms with Crippen LogP contribution in [-0.4, -0.2) is 102 Å². The maximum Gasteiger partial charge on any atom is 0.335 e. The fourth-order valence-electron chi connectivity index (χ4n) is 2.22. The minimum atomic E-state index is -2.20. The van der Waals surface area contributed by atoms with Crippen LogP contribution in [0.15, 0.2) is 24.3 Å². The van der Waals surface area contributed by atoms with E-state index in [0.717, 1.165) is 12.0 Å². The zero-order valence-corrected chi connectivity index (χ0v) is 16.1. The van der Waals surface area contributed by atoms with Gasteiger partial charge in [0.1, 0.15) is 18.3 Å². The Hall–Kier alpha value is -1.27. The highest BCUT2D eigenvalue weighted by Crippen LogP contribution is 2.17. The van der Waals surface area contributed by atoms with Crippen molar-refractivity contribution in [3.8, 4) is 0 Å². The molecule has 0 radical (unpaired) electrons. The molecule has 0 amide bonds. The van der Waals surface area contributed by atoms with Crippen molar-refractivity contribution in [1.29, 1.82) is 0 Å². The van der Waals surface area contributed by atoms with Gasteiger partial charge in [-0.2, -0.15) is 0 Å². The van der Waals surface area contributed by atoms with E-state index in [2.05, 4.69) is 13.8 Å². The highest BCUT2D eigenvalue weighted by molar-refractivity contribution is 5.76. The predicted octanol–water partition coefficient (Wildman–Crippen LogP) is -1.34. The lowest BCUT2D eigenvalue weighted by Crippen LogP contribution is -2.48. The molecule has 1 unspecified atom stereocenters. The lowest BCUT2D eigenvalue weighted by atomic mass is 9.97. The molecule has 5 atom stereocenters. The molecule has 0 bridgehead atoms. The molecule has 1 rings (SSSR count). The number of carboxylic acids is 2. The molecule has 1 aromatic rings. The van der Waals surface area contributed by atoms with Gasteiger partial charge in [0, 0.05) is 0 Å². The van der Waals surface area contributed by atoms with Crippen LogP contribution in [0.1, 0.15) is 37.8 Å². The zero-order chi connectivity index (χ0) is 22.0. The van der Waals surface area contributed by atoms with Crippen molar-refractivity contribution < 1.29 is 45.3 Å². The third-order valence-corrected chi connectivity index (χ3v) is 4.00. The van der Waals surface area contributed by atoms with E-state index in [1.165, 1.54) is 5.56 Å². The van der Waals surface area contributed by atoms with E-state index >= 15 is 0 Å². The minimum Gasteiger partial charge on any atom is -0.481 e. The van der Waals surface area contributed by atoms with Gasteiger partial charge in [-0.05, 0) is 30.4 Å². The summed E-state index contributed by atoms with van der Waals surface area (Å²) in [7, 11) is 0. The second kappa shape index (κ2) is 14.7. The van der Waals surface area contributed by atoms with Gasteiger partial charge in [0.2, 0.25) is 0 Å². The smallest absolute Gasteiger partial charge is 0.335 e. The molecule has 1 aromatic carbocycles. The Kier molecular flexibility index (Phi) is 15.1. The number of benzene rings is 1. The average molecular weight is 429 g/mol. The Bertz CT molecular complexity index is 606. The largest absolute Gasteiger partial charge is 0.481 e. The van der Waals surface area contributed by atoms with Crippen molar-refractivity contribution in [2.24, 2.45) is 5.92 Å². The lowest BCUT2D eigenvalue weighted by Gasteiger charge is -2.23. The summed E-state index contributed by atoms with van der Waals surface area (Å²) < 4.78 is 0. The van der Waals surface area contributed by atoms with Crippen LogP contribution < -0.4 is 0 Å². The van der Waals surface area contributed by atoms with Crippen LogP contribution in [0.4, 0.5) is 0 Å². The molecule has 0 aromatic heterocycles. The molecule has 0 aliphatic heterocycles. The highest BCUT2D eigenvalue weighted by atomic mass is 24.3. The molecule has 9 nitrogen and oxygen atoms in total. The summed E-state index contributed by atoms with van der Waals surface area (Å²) in [6.45, 7) is 5.21. The monoisotopic (exact) mass is 428 g/mol. The van der Waals surface area contributed by atoms with Crippen molar-refractivity contribution in [2.45, 2.75) is 57.5 Å². The van der Waals surface area contributed by atoms with Gasteiger partial charge in [-0.1, -0.05) is 38.1 Å². The summed E-state index contributed by atoms with van der Waals surface area (Å²) in [5.41, 5.74) is 2.14. The first-order valence-corrected chi connectivity index (χ1v) is 8.79. The molecule has 164 valence electrons. The van der Waals surface area contributed by atoms with E-state index in [4.69, 9.17) is 35.7 Å². The Morgan fingerprint density at radius 3 is 1.69 bits per heavy atom. The number of aliphatic hydroxyl groups is 5. The van der Waals surface area contributed by atoms with E-state index in [1.807, 2.05) is 24.3 Å². The van der Waals surface area contributed by atoms with E-state index in [-0.39, 0.29) is 23.1 Å². The maximum atomic E-state index is 10.8. The Morgan fingerprint density at radius 1 is 0.862 bits per heavy atom. The molecular formula is C19H32MgO9. The van der Waals surface area contributed by atoms with Gasteiger partial charge in [0.05, 0.1) is 12.5 Å². The molecule has 0 spiro atoms. The van der Waals surface area contributed by atoms with Crippen LogP contribution >= 0.6 is 0 Å². The molecule has 0 aliphatic carbocycles. The van der Waals surface area contributed by atoms with Gasteiger partial charge in [-0.3, -0.25) is 4.79 Å². The summed E-state index contributed by atoms with van der Waals surface area (Å²) in [5.74, 6) is -2.28. The van der Waals surface area contributed by atoms with Crippen molar-refractivity contribution >= 4 is 35.0 Å². The van der Waals surface area contributed by atoms with Gasteiger partial charge in [-0.15, -0.1) is 0 Å². The molecule has 7 N–H and O–H groups in total. The highest BCUT2D eigenvalue weighted by Gasteiger charge is 2.33. The molecule has 0 fully saturated rings. The number of carboxylic acid groups (broad SMARTS) is 2. The molecule has 29 heavy (non-hydrogen) atoms. The Morgan fingerprint density at radius 2 is 1.34 bits per heavy atom. The Labute approximate surface area is 185 Å². The third kappa shape index (κ3) is 10.9. The zero-order valence-electron chi connectivity index (χ0n) is 16.1. The first-order valence-electron chi connectivity index (χ1n) is 8.79. The lowest BCUT2D eigenvalue weighted by molar-refractivity contribution is -0.164. The maximum absolute atomic E-state index is 10.8. The van der Waals surface area contributed by atoms with Crippen LogP contribution in [0.25, 0.3) is 0 Å². The summed E-state index contributed by atoms with van der Waals surface area (Å²) in [5, 5.41) is 60.7. The molecule has 10 heteroatoms. The van der Waals surface area contributed by atoms with Gasteiger partial charge in [-0.25, -0.2) is 4.79 Å². The molecule has 0 heterocycles. The van der Waals surface area contributed by atoms with Gasteiger partial charge >= 0.3 is 35.0 Å². The fourth-order valence-corrected chi connectivity index (χ4v) is 2.22. The van der Waals surface area contributed by atoms with Crippen LogP contribution in [0.5, 0.6) is 0 Å². The number of aliphatic carboxylic acids is 2. The van der Waals surface area contributed by atoms with Crippen LogP contribution in [0.3, 0.4) is 0 Å². The van der Waals surface area contributed by atoms with Crippen LogP contribution in [0.2, 0.25) is 0 Å². The number of aliphatic hydroxyl groups excluding tert-OH is 5. The molecule has 0 saturated heterocycles. The van der Waals surface area contributed by atoms with Crippen molar-refractivity contribution in [1.82, 2.24) is 0 Å². The van der Waals surface area contributed by atoms with Gasteiger partial charge in [0.15, 0.2) is 6.10 Å². The number of rotatable bonds is 9. The van der Waals surface area contributed by atoms with E-state index in [9.17, 15) is 9.59 Å². The fraction of sp³-hybridized carbons (Fsp3) is 0.579. The number of hydrogen-bond acceptors (Lipinski definition) is 7. The normalized spacial score (nSPS) is 15.8. The number of hydrogen-bond donors (Lipinski definition) is 7. The second-order valence-corrected chi connectivity index (χ2v) is 6.91. The summed E-state index contributed by atoms with van der Waals surface area (Å²) in [6.07, 6.45) is -6.79. The van der Waals surface area contributed by atoms with E-state index < -0.39 is 48.9 Å². The van der Waals surface area contributed by atoms with Crippen LogP contribution in [0, 0.1) is 5.92 Å². The SMILES string of the molecule is CC(C)Cc1ccc(C(C)C(=O)O)cc1.O=C(O)[C@H](O)[C@@H](O)[C@H](O)[C@H](O)CO.[MgH2]. The van der Waals surface area contributed by atoms with Crippen molar-refractivity contribution in [2.75, 3.05) is 6.61 Å². The first-order chi connectivity index (χ1) is 12.9. The molecule has 0 saturated carbocycles. The summed E-state index contributed by atoms with van der Waals surface area (Å²) in [6, 6.07) is 7.87. The summed E-state index contributed by atoms with van der Waals surface area (Å²) in [4.78, 5) is 20.9. The van der Waals surface area contributed by atoms with E-state index in [0.29, 0.717) is 5.92 Å². The molecule has 0 aliphatic rings. The quantitative estimate of drug-likeness (QED) is 0.235. The second-order valence-electron chi connectivity index (χ2n) is 6.91. The van der Waals surface area contributed by atoms with Gasteiger partial charge in [0.25, 0.3) is 0 Å². The molecular weight excluding hydrogens is 397 g/mol. The average Bonchev–Trinajstić information content (AvgIpc) is 2.65. The van der Waals surface area contributed by atoms with Crippen LogP contribution in [-0.2, 0) is 16.0 Å². The Balaban J connectivity index is 0. The topological polar surface area (TPSA) is 176 Å². The van der Waals surface area contributed by atoms with Crippen molar-refractivity contribution in [3.63, 3.8) is 0 Å². The summed E-state index contributed by atoms with van der Waals surface area (Å²) >= 11 is 0. The third-order valence-electron chi connectivity index (χ3n) is 4.00. The first kappa shape index (κ1) is 29.9. The minimum absolute atomic E-state index is 0. The van der Waals surface area contributed by atoms with Crippen molar-refractivity contribution in [3.05, 3.63) is 35.4 Å². The number of carbonyl (C=O) groups is 2.